The zero-order valence-corrected chi connectivity index (χ0v) is 9.46. The fraction of sp³-hybridized carbons (Fsp3) is 0.400. The lowest BCUT2D eigenvalue weighted by atomic mass is 10.1. The number of hydrogen-bond donors (Lipinski definition) is 2. The molecule has 0 spiro atoms. The fourth-order valence-corrected chi connectivity index (χ4v) is 1.32. The van der Waals surface area contributed by atoms with Crippen LogP contribution in [0.4, 0.5) is 0 Å². The maximum absolute atomic E-state index is 7.62. The van der Waals surface area contributed by atoms with E-state index in [0.29, 0.717) is 0 Å². The highest BCUT2D eigenvalue weighted by Crippen LogP contribution is 2.26. The Bertz CT molecular complexity index is 250. The second-order valence-electron chi connectivity index (χ2n) is 2.60. The van der Waals surface area contributed by atoms with Gasteiger partial charge in [-0.15, -0.1) is 23.2 Å². The average molecular weight is 237 g/mol. The summed E-state index contributed by atoms with van der Waals surface area (Å²) < 4.78 is 0. The zero-order valence-electron chi connectivity index (χ0n) is 7.95. The van der Waals surface area contributed by atoms with Gasteiger partial charge in [-0.3, -0.25) is 0 Å². The van der Waals surface area contributed by atoms with Gasteiger partial charge in [0.25, 0.3) is 0 Å². The van der Waals surface area contributed by atoms with Gasteiger partial charge < -0.3 is 10.2 Å². The smallest absolute Gasteiger partial charge is 0.133 e. The molecule has 0 amide bonds. The van der Waals surface area contributed by atoms with E-state index < -0.39 is 4.84 Å². The molecule has 0 heterocycles. The van der Waals surface area contributed by atoms with E-state index in [0.717, 1.165) is 11.1 Å². The van der Waals surface area contributed by atoms with Crippen molar-refractivity contribution in [2.24, 2.45) is 0 Å². The molecule has 0 radical (unpaired) electrons. The topological polar surface area (TPSA) is 40.5 Å². The first-order valence-corrected chi connectivity index (χ1v) is 5.06. The summed E-state index contributed by atoms with van der Waals surface area (Å²) >= 11 is 11.3. The van der Waals surface area contributed by atoms with Crippen LogP contribution in [0.1, 0.15) is 16.0 Å². The largest absolute Gasteiger partial charge is 0.394 e. The molecule has 1 rings (SSSR count). The summed E-state index contributed by atoms with van der Waals surface area (Å²) in [6, 6.07) is 7.82. The number of alkyl halides is 2. The third-order valence-corrected chi connectivity index (χ3v) is 1.99. The van der Waals surface area contributed by atoms with E-state index in [4.69, 9.17) is 33.4 Å². The summed E-state index contributed by atoms with van der Waals surface area (Å²) in [6.07, 6.45) is 0. The van der Waals surface area contributed by atoms with Gasteiger partial charge >= 0.3 is 0 Å². The second kappa shape index (κ2) is 8.06. The number of hydrogen-bond acceptors (Lipinski definition) is 2. The van der Waals surface area contributed by atoms with Gasteiger partial charge in [0.05, 0.1) is 13.2 Å². The van der Waals surface area contributed by atoms with Gasteiger partial charge in [0.1, 0.15) is 4.84 Å². The van der Waals surface area contributed by atoms with Crippen LogP contribution < -0.4 is 0 Å². The molecule has 0 atom stereocenters. The third-order valence-electron chi connectivity index (χ3n) is 1.52. The second-order valence-corrected chi connectivity index (χ2v) is 3.70. The van der Waals surface area contributed by atoms with E-state index in [1.165, 1.54) is 0 Å². The summed E-state index contributed by atoms with van der Waals surface area (Å²) in [4.78, 5) is -0.402. The molecule has 0 saturated heterocycles. The van der Waals surface area contributed by atoms with Crippen LogP contribution in [-0.4, -0.2) is 23.4 Å². The van der Waals surface area contributed by atoms with Gasteiger partial charge in [-0.05, 0) is 18.1 Å². The highest BCUT2D eigenvalue weighted by Gasteiger charge is 2.03. The van der Waals surface area contributed by atoms with Crippen molar-refractivity contribution in [1.29, 1.82) is 0 Å². The molecule has 0 aliphatic heterocycles. The van der Waals surface area contributed by atoms with E-state index in [1.807, 2.05) is 31.2 Å². The minimum Gasteiger partial charge on any atom is -0.394 e. The summed E-state index contributed by atoms with van der Waals surface area (Å²) in [6.45, 7) is 1.74. The molecule has 1 aromatic carbocycles. The summed E-state index contributed by atoms with van der Waals surface area (Å²) in [5.41, 5.74) is 2.13. The molecular formula is C10H14Cl2O2. The minimum atomic E-state index is -0.402. The highest BCUT2D eigenvalue weighted by molar-refractivity contribution is 6.44. The number of aliphatic hydroxyl groups excluding tert-OH is 2. The highest BCUT2D eigenvalue weighted by atomic mass is 35.5. The number of aryl methyl sites for hydroxylation is 1. The van der Waals surface area contributed by atoms with Crippen molar-refractivity contribution < 1.29 is 10.2 Å². The Hall–Kier alpha value is -0.280. The van der Waals surface area contributed by atoms with E-state index in [9.17, 15) is 0 Å². The van der Waals surface area contributed by atoms with Crippen LogP contribution in [0, 0.1) is 6.92 Å². The van der Waals surface area contributed by atoms with Gasteiger partial charge in [-0.25, -0.2) is 0 Å². The Kier molecular flexibility index (Phi) is 7.90. The Labute approximate surface area is 94.1 Å². The number of aliphatic hydroxyl groups is 2. The van der Waals surface area contributed by atoms with Gasteiger partial charge in [0.2, 0.25) is 0 Å². The Morgan fingerprint density at radius 3 is 1.93 bits per heavy atom. The van der Waals surface area contributed by atoms with Crippen molar-refractivity contribution >= 4 is 23.2 Å². The maximum Gasteiger partial charge on any atom is 0.133 e. The van der Waals surface area contributed by atoms with E-state index in [1.54, 1.807) is 0 Å². The quantitative estimate of drug-likeness (QED) is 0.775. The predicted molar refractivity (Wildman–Crippen MR) is 59.8 cm³/mol. The molecule has 0 fully saturated rings. The summed E-state index contributed by atoms with van der Waals surface area (Å²) in [7, 11) is 0. The molecule has 0 aliphatic carbocycles. The van der Waals surface area contributed by atoms with Crippen molar-refractivity contribution in [2.75, 3.05) is 13.2 Å². The van der Waals surface area contributed by atoms with Crippen molar-refractivity contribution in [3.05, 3.63) is 35.4 Å². The standard InChI is InChI=1S/C8H8Cl2.C2H6O2/c1-6-4-2-3-5-7(6)8(9)10;3-1-2-4/h2-5,8H,1H3;3-4H,1-2H2. The van der Waals surface area contributed by atoms with Gasteiger partial charge in [0, 0.05) is 0 Å². The van der Waals surface area contributed by atoms with Crippen LogP contribution in [0.2, 0.25) is 0 Å². The number of halogens is 2. The number of rotatable bonds is 2. The lowest BCUT2D eigenvalue weighted by Gasteiger charge is -2.03. The first kappa shape index (κ1) is 13.7. The number of benzene rings is 1. The lowest BCUT2D eigenvalue weighted by molar-refractivity contribution is 0.186. The molecule has 0 unspecified atom stereocenters. The van der Waals surface area contributed by atoms with Gasteiger partial charge in [-0.1, -0.05) is 24.3 Å². The average Bonchev–Trinajstić information content (AvgIpc) is 2.18. The van der Waals surface area contributed by atoms with E-state index in [2.05, 4.69) is 0 Å². The lowest BCUT2D eigenvalue weighted by Crippen LogP contribution is -1.85. The summed E-state index contributed by atoms with van der Waals surface area (Å²) in [5.74, 6) is 0. The molecule has 4 heteroatoms. The predicted octanol–water partition coefficient (Wildman–Crippen LogP) is 2.44. The SMILES string of the molecule is Cc1ccccc1C(Cl)Cl.OCCO. The van der Waals surface area contributed by atoms with Crippen molar-refractivity contribution in [3.63, 3.8) is 0 Å². The first-order valence-electron chi connectivity index (χ1n) is 4.18. The molecule has 2 N–H and O–H groups in total. The first-order chi connectivity index (χ1) is 6.63. The Morgan fingerprint density at radius 1 is 1.14 bits per heavy atom. The third kappa shape index (κ3) is 5.45. The fourth-order valence-electron chi connectivity index (χ4n) is 0.832. The molecule has 0 bridgehead atoms. The van der Waals surface area contributed by atoms with Crippen LogP contribution in [0.5, 0.6) is 0 Å². The van der Waals surface area contributed by atoms with Crippen LogP contribution >= 0.6 is 23.2 Å². The van der Waals surface area contributed by atoms with E-state index in [-0.39, 0.29) is 13.2 Å². The molecule has 0 aliphatic rings. The van der Waals surface area contributed by atoms with Crippen molar-refractivity contribution in [1.82, 2.24) is 0 Å². The molecule has 1 aromatic rings. The van der Waals surface area contributed by atoms with Crippen molar-refractivity contribution in [2.45, 2.75) is 11.8 Å². The minimum absolute atomic E-state index is 0.125. The Balaban J connectivity index is 0.000000364. The van der Waals surface area contributed by atoms with Gasteiger partial charge in [-0.2, -0.15) is 0 Å². The molecular weight excluding hydrogens is 223 g/mol. The van der Waals surface area contributed by atoms with Crippen LogP contribution in [0.15, 0.2) is 24.3 Å². The molecule has 2 nitrogen and oxygen atoms in total. The summed E-state index contributed by atoms with van der Waals surface area (Å²) in [5, 5.41) is 15.2. The molecule has 0 aromatic heterocycles. The molecule has 14 heavy (non-hydrogen) atoms. The maximum atomic E-state index is 7.62. The molecule has 80 valence electrons. The van der Waals surface area contributed by atoms with E-state index >= 15 is 0 Å². The van der Waals surface area contributed by atoms with Crippen LogP contribution in [0.3, 0.4) is 0 Å². The monoisotopic (exact) mass is 236 g/mol. The van der Waals surface area contributed by atoms with Crippen LogP contribution in [-0.2, 0) is 0 Å². The van der Waals surface area contributed by atoms with Crippen molar-refractivity contribution in [3.8, 4) is 0 Å². The van der Waals surface area contributed by atoms with Crippen LogP contribution in [0.25, 0.3) is 0 Å². The molecule has 0 saturated carbocycles. The van der Waals surface area contributed by atoms with Gasteiger partial charge in [0.15, 0.2) is 0 Å². The normalized spacial score (nSPS) is 9.57. The Morgan fingerprint density at radius 2 is 1.64 bits per heavy atom. The zero-order chi connectivity index (χ0) is 11.0.